The number of aromatic nitrogens is 2. The van der Waals surface area contributed by atoms with Crippen LogP contribution in [0.3, 0.4) is 0 Å². The second kappa shape index (κ2) is 7.57. The van der Waals surface area contributed by atoms with Crippen LogP contribution in [-0.2, 0) is 12.5 Å². The molecule has 0 bridgehead atoms. The van der Waals surface area contributed by atoms with Gasteiger partial charge in [-0.1, -0.05) is 24.2 Å². The first-order valence-corrected chi connectivity index (χ1v) is 8.96. The molecule has 0 fully saturated rings. The maximum Gasteiger partial charge on any atom is 0.271 e. The van der Waals surface area contributed by atoms with Crippen molar-refractivity contribution in [3.8, 4) is 6.07 Å². The standard InChI is InChI=1S/C22H18ClF2N3/c1-14(2)16(11-26)10-17-13-28(21-18(17)5-4-8-27-21)12-15-6-7-20(23)19(9-15)22(3,24)25/h4-10,13H,1,12H2,2-3H3/b16-10+. The predicted molar refractivity (Wildman–Crippen MR) is 108 cm³/mol. The van der Waals surface area contributed by atoms with Crippen molar-refractivity contribution in [2.45, 2.75) is 26.3 Å². The first-order valence-electron chi connectivity index (χ1n) is 8.59. The Hall–Kier alpha value is -2.97. The van der Waals surface area contributed by atoms with E-state index in [1.54, 1.807) is 25.3 Å². The van der Waals surface area contributed by atoms with Gasteiger partial charge in [-0.05, 0) is 48.4 Å². The number of nitrogens with zero attached hydrogens (tertiary/aromatic N) is 3. The number of halogens is 3. The molecular formula is C22H18ClF2N3. The molecule has 0 aliphatic heterocycles. The molecule has 28 heavy (non-hydrogen) atoms. The summed E-state index contributed by atoms with van der Waals surface area (Å²) in [6.07, 6.45) is 5.29. The van der Waals surface area contributed by atoms with E-state index in [1.807, 2.05) is 22.9 Å². The van der Waals surface area contributed by atoms with E-state index in [9.17, 15) is 14.0 Å². The number of hydrogen-bond donors (Lipinski definition) is 0. The van der Waals surface area contributed by atoms with Gasteiger partial charge in [-0.15, -0.1) is 0 Å². The molecule has 3 aromatic rings. The summed E-state index contributed by atoms with van der Waals surface area (Å²) in [6, 6.07) is 10.5. The fraction of sp³-hybridized carbons (Fsp3) is 0.182. The van der Waals surface area contributed by atoms with Crippen LogP contribution in [0.2, 0.25) is 5.02 Å². The third kappa shape index (κ3) is 3.97. The zero-order chi connectivity index (χ0) is 20.5. The molecule has 0 aliphatic carbocycles. The second-order valence-electron chi connectivity index (χ2n) is 6.74. The van der Waals surface area contributed by atoms with Gasteiger partial charge in [0.25, 0.3) is 5.92 Å². The van der Waals surface area contributed by atoms with Crippen LogP contribution >= 0.6 is 11.6 Å². The molecule has 6 heteroatoms. The number of nitriles is 1. The molecule has 0 unspecified atom stereocenters. The van der Waals surface area contributed by atoms with Crippen LogP contribution in [0, 0.1) is 11.3 Å². The first-order chi connectivity index (χ1) is 13.2. The monoisotopic (exact) mass is 397 g/mol. The smallest absolute Gasteiger partial charge is 0.271 e. The molecule has 0 saturated carbocycles. The minimum Gasteiger partial charge on any atom is -0.327 e. The van der Waals surface area contributed by atoms with Gasteiger partial charge in [0.05, 0.1) is 11.6 Å². The third-order valence-electron chi connectivity index (χ3n) is 4.40. The Morgan fingerprint density at radius 1 is 1.39 bits per heavy atom. The number of allylic oxidation sites excluding steroid dienone is 2. The molecule has 0 aliphatic rings. The molecule has 0 atom stereocenters. The predicted octanol–water partition coefficient (Wildman–Crippen LogP) is 6.33. The highest BCUT2D eigenvalue weighted by Crippen LogP contribution is 2.34. The molecular weight excluding hydrogens is 380 g/mol. The summed E-state index contributed by atoms with van der Waals surface area (Å²) >= 11 is 5.94. The van der Waals surface area contributed by atoms with Crippen molar-refractivity contribution >= 4 is 28.7 Å². The van der Waals surface area contributed by atoms with Crippen LogP contribution in [-0.4, -0.2) is 9.55 Å². The molecule has 2 aromatic heterocycles. The van der Waals surface area contributed by atoms with Gasteiger partial charge >= 0.3 is 0 Å². The average molecular weight is 398 g/mol. The van der Waals surface area contributed by atoms with E-state index in [1.165, 1.54) is 12.1 Å². The van der Waals surface area contributed by atoms with Crippen molar-refractivity contribution in [1.82, 2.24) is 9.55 Å². The summed E-state index contributed by atoms with van der Waals surface area (Å²) in [6.45, 7) is 6.76. The highest BCUT2D eigenvalue weighted by atomic mass is 35.5. The molecule has 1 aromatic carbocycles. The van der Waals surface area contributed by atoms with Crippen LogP contribution in [0.15, 0.2) is 60.5 Å². The summed E-state index contributed by atoms with van der Waals surface area (Å²) in [7, 11) is 0. The molecule has 2 heterocycles. The normalized spacial score (nSPS) is 12.2. The quantitative estimate of drug-likeness (QED) is 0.372. The third-order valence-corrected chi connectivity index (χ3v) is 4.73. The van der Waals surface area contributed by atoms with E-state index in [-0.39, 0.29) is 10.6 Å². The molecule has 3 nitrogen and oxygen atoms in total. The fourth-order valence-electron chi connectivity index (χ4n) is 3.00. The summed E-state index contributed by atoms with van der Waals surface area (Å²) in [5.41, 5.74) is 3.14. The lowest BCUT2D eigenvalue weighted by molar-refractivity contribution is 0.0175. The zero-order valence-corrected chi connectivity index (χ0v) is 16.3. The van der Waals surface area contributed by atoms with Crippen LogP contribution < -0.4 is 0 Å². The molecule has 0 spiro atoms. The van der Waals surface area contributed by atoms with Gasteiger partial charge in [0.1, 0.15) is 5.65 Å². The Morgan fingerprint density at radius 2 is 2.14 bits per heavy atom. The van der Waals surface area contributed by atoms with Crippen molar-refractivity contribution in [3.05, 3.63) is 82.2 Å². The van der Waals surface area contributed by atoms with Gasteiger partial charge in [-0.3, -0.25) is 0 Å². The zero-order valence-electron chi connectivity index (χ0n) is 15.5. The molecule has 0 N–H and O–H groups in total. The number of fused-ring (bicyclic) bond motifs is 1. The molecule has 0 radical (unpaired) electrons. The van der Waals surface area contributed by atoms with Gasteiger partial charge in [0.15, 0.2) is 0 Å². The SMILES string of the molecule is C=C(C)/C(C#N)=C/c1cn(Cc2ccc(Cl)c(C(C)(F)F)c2)c2ncccc12. The maximum absolute atomic E-state index is 13.8. The number of pyridine rings is 1. The van der Waals surface area contributed by atoms with Crippen molar-refractivity contribution in [1.29, 1.82) is 5.26 Å². The van der Waals surface area contributed by atoms with Crippen LogP contribution in [0.5, 0.6) is 0 Å². The van der Waals surface area contributed by atoms with E-state index in [4.69, 9.17) is 11.6 Å². The van der Waals surface area contributed by atoms with Gasteiger partial charge < -0.3 is 4.57 Å². The molecule has 0 saturated heterocycles. The first kappa shape index (κ1) is 19.8. The summed E-state index contributed by atoms with van der Waals surface area (Å²) in [5.74, 6) is -3.03. The van der Waals surface area contributed by atoms with Crippen molar-refractivity contribution in [2.24, 2.45) is 0 Å². The lowest BCUT2D eigenvalue weighted by atomic mass is 10.1. The number of benzene rings is 1. The van der Waals surface area contributed by atoms with Crippen molar-refractivity contribution in [3.63, 3.8) is 0 Å². The van der Waals surface area contributed by atoms with Crippen molar-refractivity contribution in [2.75, 3.05) is 0 Å². The molecule has 142 valence electrons. The van der Waals surface area contributed by atoms with Gasteiger partial charge in [0.2, 0.25) is 0 Å². The highest BCUT2D eigenvalue weighted by Gasteiger charge is 2.27. The van der Waals surface area contributed by atoms with Gasteiger partial charge in [-0.2, -0.15) is 5.26 Å². The minimum atomic E-state index is -3.03. The second-order valence-corrected chi connectivity index (χ2v) is 7.15. The summed E-state index contributed by atoms with van der Waals surface area (Å²) < 4.78 is 29.5. The average Bonchev–Trinajstić information content (AvgIpc) is 2.97. The minimum absolute atomic E-state index is 0.0375. The molecule has 0 amide bonds. The van der Waals surface area contributed by atoms with E-state index in [0.717, 1.165) is 17.9 Å². The maximum atomic E-state index is 13.8. The Kier molecular flexibility index (Phi) is 5.35. The van der Waals surface area contributed by atoms with E-state index >= 15 is 0 Å². The Morgan fingerprint density at radius 3 is 2.79 bits per heavy atom. The van der Waals surface area contributed by atoms with Gasteiger partial charge in [-0.25, -0.2) is 13.8 Å². The van der Waals surface area contributed by atoms with Crippen LogP contribution in [0.1, 0.15) is 30.5 Å². The van der Waals surface area contributed by atoms with E-state index in [0.29, 0.717) is 28.9 Å². The summed E-state index contributed by atoms with van der Waals surface area (Å²) in [4.78, 5) is 4.42. The Balaban J connectivity index is 2.09. The fourth-order valence-corrected chi connectivity index (χ4v) is 3.28. The molecule has 3 rings (SSSR count). The van der Waals surface area contributed by atoms with E-state index in [2.05, 4.69) is 17.6 Å². The van der Waals surface area contributed by atoms with Gasteiger partial charge in [0, 0.05) is 47.4 Å². The van der Waals surface area contributed by atoms with Crippen LogP contribution in [0.4, 0.5) is 8.78 Å². The Bertz CT molecular complexity index is 1130. The van der Waals surface area contributed by atoms with E-state index < -0.39 is 5.92 Å². The largest absolute Gasteiger partial charge is 0.327 e. The highest BCUT2D eigenvalue weighted by molar-refractivity contribution is 6.31. The Labute approximate surface area is 167 Å². The lowest BCUT2D eigenvalue weighted by Gasteiger charge is -2.14. The number of alkyl halides is 2. The lowest BCUT2D eigenvalue weighted by Crippen LogP contribution is -2.09. The number of rotatable bonds is 5. The van der Waals surface area contributed by atoms with Crippen LogP contribution in [0.25, 0.3) is 17.1 Å². The summed E-state index contributed by atoms with van der Waals surface area (Å²) in [5, 5.41) is 10.2. The topological polar surface area (TPSA) is 41.6 Å². The van der Waals surface area contributed by atoms with Crippen molar-refractivity contribution < 1.29 is 8.78 Å². The number of hydrogen-bond acceptors (Lipinski definition) is 2.